The number of nitrogens with zero attached hydrogens (tertiary/aromatic N) is 2. The molecule has 0 unspecified atom stereocenters. The first kappa shape index (κ1) is 16.3. The van der Waals surface area contributed by atoms with Crippen LogP contribution in [-0.2, 0) is 9.59 Å². The van der Waals surface area contributed by atoms with E-state index in [0.29, 0.717) is 10.7 Å². The number of aryl methyl sites for hydroxylation is 1. The summed E-state index contributed by atoms with van der Waals surface area (Å²) in [5.74, 6) is -1.01. The SMILES string of the molecule is Cc1cnccc1/C=C1/C(=O)NC(=S)N(c2ccc(Cl)cc2)C1=O. The van der Waals surface area contributed by atoms with Crippen molar-refractivity contribution < 1.29 is 9.59 Å². The van der Waals surface area contributed by atoms with Gasteiger partial charge >= 0.3 is 0 Å². The molecule has 3 rings (SSSR count). The molecule has 2 heterocycles. The van der Waals surface area contributed by atoms with Crippen LogP contribution in [0.15, 0.2) is 48.3 Å². The summed E-state index contributed by atoms with van der Waals surface area (Å²) in [7, 11) is 0. The highest BCUT2D eigenvalue weighted by atomic mass is 35.5. The fraction of sp³-hybridized carbons (Fsp3) is 0.0588. The summed E-state index contributed by atoms with van der Waals surface area (Å²) in [6.45, 7) is 1.85. The minimum absolute atomic E-state index is 0.00727. The number of hydrogen-bond donors (Lipinski definition) is 1. The minimum Gasteiger partial charge on any atom is -0.298 e. The fourth-order valence-electron chi connectivity index (χ4n) is 2.28. The number of carbonyl (C=O) groups excluding carboxylic acids is 2. The van der Waals surface area contributed by atoms with Gasteiger partial charge in [0.2, 0.25) is 0 Å². The van der Waals surface area contributed by atoms with Crippen molar-refractivity contribution >= 4 is 52.5 Å². The average Bonchev–Trinajstić information content (AvgIpc) is 2.54. The third-order valence-corrected chi connectivity index (χ3v) is 4.09. The summed E-state index contributed by atoms with van der Waals surface area (Å²) in [6, 6.07) is 8.38. The van der Waals surface area contributed by atoms with Crippen molar-refractivity contribution in [1.82, 2.24) is 10.3 Å². The molecule has 1 fully saturated rings. The Balaban J connectivity index is 2.03. The number of amides is 2. The zero-order chi connectivity index (χ0) is 17.3. The van der Waals surface area contributed by atoms with Crippen LogP contribution >= 0.6 is 23.8 Å². The highest BCUT2D eigenvalue weighted by Gasteiger charge is 2.34. The van der Waals surface area contributed by atoms with Crippen LogP contribution in [0, 0.1) is 6.92 Å². The van der Waals surface area contributed by atoms with E-state index in [4.69, 9.17) is 23.8 Å². The van der Waals surface area contributed by atoms with Gasteiger partial charge in [0, 0.05) is 17.4 Å². The molecular formula is C17H12ClN3O2S. The van der Waals surface area contributed by atoms with Crippen molar-refractivity contribution in [2.45, 2.75) is 6.92 Å². The molecule has 1 saturated heterocycles. The molecule has 1 aromatic heterocycles. The molecule has 1 aromatic carbocycles. The van der Waals surface area contributed by atoms with E-state index in [-0.39, 0.29) is 10.7 Å². The molecule has 24 heavy (non-hydrogen) atoms. The molecule has 0 atom stereocenters. The number of thiocarbonyl (C=S) groups is 1. The molecule has 120 valence electrons. The summed E-state index contributed by atoms with van der Waals surface area (Å²) in [5.41, 5.74) is 2.14. The number of halogens is 1. The Morgan fingerprint density at radius 2 is 1.92 bits per heavy atom. The standard InChI is InChI=1S/C17H12ClN3O2S/c1-10-9-19-7-6-11(10)8-14-15(22)20-17(24)21(16(14)23)13-4-2-12(18)3-5-13/h2-9H,1H3,(H,20,22,24)/b14-8-. The molecule has 1 aliphatic rings. The molecular weight excluding hydrogens is 346 g/mol. The first-order chi connectivity index (χ1) is 11.5. The first-order valence-corrected chi connectivity index (χ1v) is 7.83. The van der Waals surface area contributed by atoms with Crippen LogP contribution in [0.1, 0.15) is 11.1 Å². The second-order valence-corrected chi connectivity index (χ2v) is 5.99. The molecule has 2 amide bonds. The van der Waals surface area contributed by atoms with E-state index in [1.54, 1.807) is 48.8 Å². The highest BCUT2D eigenvalue weighted by Crippen LogP contribution is 2.24. The summed E-state index contributed by atoms with van der Waals surface area (Å²) < 4.78 is 0. The van der Waals surface area contributed by atoms with Gasteiger partial charge in [0.1, 0.15) is 5.57 Å². The zero-order valence-electron chi connectivity index (χ0n) is 12.6. The largest absolute Gasteiger partial charge is 0.298 e. The molecule has 5 nitrogen and oxygen atoms in total. The predicted molar refractivity (Wildman–Crippen MR) is 96.6 cm³/mol. The van der Waals surface area contributed by atoms with Crippen molar-refractivity contribution in [2.75, 3.05) is 4.90 Å². The van der Waals surface area contributed by atoms with E-state index < -0.39 is 11.8 Å². The van der Waals surface area contributed by atoms with Gasteiger partial charge in [-0.15, -0.1) is 0 Å². The summed E-state index contributed by atoms with van der Waals surface area (Å²) in [4.78, 5) is 30.3. The van der Waals surface area contributed by atoms with Crippen molar-refractivity contribution in [2.24, 2.45) is 0 Å². The number of nitrogens with one attached hydrogen (secondary N) is 1. The Morgan fingerprint density at radius 1 is 1.21 bits per heavy atom. The number of hydrogen-bond acceptors (Lipinski definition) is 4. The minimum atomic E-state index is -0.522. The molecule has 1 N–H and O–H groups in total. The zero-order valence-corrected chi connectivity index (χ0v) is 14.2. The van der Waals surface area contributed by atoms with E-state index in [9.17, 15) is 9.59 Å². The molecule has 0 radical (unpaired) electrons. The lowest BCUT2D eigenvalue weighted by molar-refractivity contribution is -0.122. The number of carbonyl (C=O) groups is 2. The van der Waals surface area contributed by atoms with Crippen LogP contribution in [0.2, 0.25) is 5.02 Å². The summed E-state index contributed by atoms with van der Waals surface area (Å²) in [5, 5.41) is 3.12. The van der Waals surface area contributed by atoms with Crippen LogP contribution in [-0.4, -0.2) is 21.9 Å². The van der Waals surface area contributed by atoms with Crippen LogP contribution in [0.5, 0.6) is 0 Å². The van der Waals surface area contributed by atoms with Crippen molar-refractivity contribution in [3.63, 3.8) is 0 Å². The Hall–Kier alpha value is -2.57. The second kappa shape index (κ2) is 6.51. The van der Waals surface area contributed by atoms with E-state index >= 15 is 0 Å². The summed E-state index contributed by atoms with van der Waals surface area (Å²) in [6.07, 6.45) is 4.81. The van der Waals surface area contributed by atoms with Gasteiger partial charge in [0.05, 0.1) is 5.69 Å². The van der Waals surface area contributed by atoms with Crippen LogP contribution < -0.4 is 10.2 Å². The highest BCUT2D eigenvalue weighted by molar-refractivity contribution is 7.80. The van der Waals surface area contributed by atoms with Gasteiger partial charge in [-0.1, -0.05) is 11.6 Å². The van der Waals surface area contributed by atoms with Gasteiger partial charge in [0.15, 0.2) is 5.11 Å². The smallest absolute Gasteiger partial charge is 0.270 e. The molecule has 7 heteroatoms. The van der Waals surface area contributed by atoms with Gasteiger partial charge in [-0.25, -0.2) is 0 Å². The van der Waals surface area contributed by atoms with Gasteiger partial charge in [-0.05, 0) is 66.7 Å². The monoisotopic (exact) mass is 357 g/mol. The summed E-state index contributed by atoms with van der Waals surface area (Å²) >= 11 is 11.0. The quantitative estimate of drug-likeness (QED) is 0.510. The topological polar surface area (TPSA) is 62.3 Å². The van der Waals surface area contributed by atoms with Gasteiger partial charge in [-0.2, -0.15) is 0 Å². The predicted octanol–water partition coefficient (Wildman–Crippen LogP) is 2.87. The van der Waals surface area contributed by atoms with Crippen LogP contribution in [0.3, 0.4) is 0 Å². The Bertz CT molecular complexity index is 878. The van der Waals surface area contributed by atoms with E-state index in [0.717, 1.165) is 11.1 Å². The lowest BCUT2D eigenvalue weighted by atomic mass is 10.0. The maximum Gasteiger partial charge on any atom is 0.270 e. The number of pyridine rings is 1. The van der Waals surface area contributed by atoms with E-state index in [1.165, 1.54) is 4.90 Å². The number of anilines is 1. The Labute approximate surface area is 148 Å². The van der Waals surface area contributed by atoms with E-state index in [2.05, 4.69) is 10.3 Å². The number of benzene rings is 1. The van der Waals surface area contributed by atoms with E-state index in [1.807, 2.05) is 6.92 Å². The number of rotatable bonds is 2. The first-order valence-electron chi connectivity index (χ1n) is 7.05. The lowest BCUT2D eigenvalue weighted by Crippen LogP contribution is -2.54. The maximum atomic E-state index is 12.8. The third-order valence-electron chi connectivity index (χ3n) is 3.55. The van der Waals surface area contributed by atoms with Crippen molar-refractivity contribution in [3.05, 3.63) is 64.4 Å². The van der Waals surface area contributed by atoms with Gasteiger partial charge in [0.25, 0.3) is 11.8 Å². The van der Waals surface area contributed by atoms with Gasteiger partial charge in [-0.3, -0.25) is 24.8 Å². The lowest BCUT2D eigenvalue weighted by Gasteiger charge is -2.29. The molecule has 0 aliphatic carbocycles. The maximum absolute atomic E-state index is 12.8. The Morgan fingerprint density at radius 3 is 2.58 bits per heavy atom. The molecule has 0 bridgehead atoms. The van der Waals surface area contributed by atoms with Crippen molar-refractivity contribution in [1.29, 1.82) is 0 Å². The average molecular weight is 358 g/mol. The molecule has 0 spiro atoms. The molecule has 1 aliphatic heterocycles. The Kier molecular flexibility index (Phi) is 4.42. The van der Waals surface area contributed by atoms with Gasteiger partial charge < -0.3 is 0 Å². The van der Waals surface area contributed by atoms with Crippen LogP contribution in [0.4, 0.5) is 5.69 Å². The number of aromatic nitrogens is 1. The molecule has 0 saturated carbocycles. The fourth-order valence-corrected chi connectivity index (χ4v) is 2.69. The molecule has 2 aromatic rings. The van der Waals surface area contributed by atoms with Crippen molar-refractivity contribution in [3.8, 4) is 0 Å². The van der Waals surface area contributed by atoms with Crippen LogP contribution in [0.25, 0.3) is 6.08 Å². The second-order valence-electron chi connectivity index (χ2n) is 5.17. The third kappa shape index (κ3) is 3.06. The normalized spacial score (nSPS) is 16.5.